The van der Waals surface area contributed by atoms with Crippen LogP contribution in [0.4, 0.5) is 5.69 Å². The van der Waals surface area contributed by atoms with Gasteiger partial charge in [-0.15, -0.1) is 0 Å². The summed E-state index contributed by atoms with van der Waals surface area (Å²) in [6.07, 6.45) is 0. The van der Waals surface area contributed by atoms with Crippen LogP contribution < -0.4 is 5.73 Å². The van der Waals surface area contributed by atoms with Crippen LogP contribution in [0.2, 0.25) is 0 Å². The molecule has 72 valence electrons. The van der Waals surface area contributed by atoms with E-state index < -0.39 is 10.1 Å². The van der Waals surface area contributed by atoms with E-state index in [1.54, 1.807) is 0 Å². The van der Waals surface area contributed by atoms with Gasteiger partial charge in [0.1, 0.15) is 5.75 Å². The van der Waals surface area contributed by atoms with Crippen molar-refractivity contribution in [3.63, 3.8) is 0 Å². The quantitative estimate of drug-likeness (QED) is 0.351. The zero-order chi connectivity index (χ0) is 10.2. The molecule has 0 atom stereocenters. The Morgan fingerprint density at radius 3 is 2.31 bits per heavy atom. The number of hydrogen-bond acceptors (Lipinski definition) is 4. The number of nitrogens with two attached hydrogens (primary N) is 1. The number of aromatic hydroxyl groups is 1. The summed E-state index contributed by atoms with van der Waals surface area (Å²) >= 11 is 0. The molecular weight excluding hydrogens is 194 g/mol. The zero-order valence-corrected chi connectivity index (χ0v) is 7.67. The van der Waals surface area contributed by atoms with E-state index in [2.05, 4.69) is 0 Å². The van der Waals surface area contributed by atoms with E-state index in [0.29, 0.717) is 5.56 Å². The van der Waals surface area contributed by atoms with Crippen molar-refractivity contribution in [2.45, 2.75) is 11.8 Å². The molecule has 4 N–H and O–H groups in total. The molecule has 0 unspecified atom stereocenters. The van der Waals surface area contributed by atoms with Gasteiger partial charge in [0, 0.05) is 0 Å². The fraction of sp³-hybridized carbons (Fsp3) is 0.143. The third-order valence-electron chi connectivity index (χ3n) is 1.60. The van der Waals surface area contributed by atoms with Gasteiger partial charge in [-0.25, -0.2) is 0 Å². The van der Waals surface area contributed by atoms with Crippen molar-refractivity contribution in [3.8, 4) is 5.75 Å². The first kappa shape index (κ1) is 9.82. The molecule has 1 rings (SSSR count). The fourth-order valence-electron chi connectivity index (χ4n) is 0.922. The van der Waals surface area contributed by atoms with Gasteiger partial charge in [0.05, 0.1) is 10.6 Å². The average Bonchev–Trinajstić information content (AvgIpc) is 1.97. The third-order valence-corrected chi connectivity index (χ3v) is 2.43. The van der Waals surface area contributed by atoms with Crippen molar-refractivity contribution in [2.75, 3.05) is 5.73 Å². The number of aryl methyl sites for hydroxylation is 1. The van der Waals surface area contributed by atoms with E-state index >= 15 is 0 Å². The number of anilines is 1. The van der Waals surface area contributed by atoms with E-state index in [0.717, 1.165) is 12.1 Å². The van der Waals surface area contributed by atoms with E-state index in [-0.39, 0.29) is 16.3 Å². The van der Waals surface area contributed by atoms with Gasteiger partial charge in [-0.3, -0.25) is 4.55 Å². The van der Waals surface area contributed by atoms with E-state index in [9.17, 15) is 13.5 Å². The van der Waals surface area contributed by atoms with Crippen LogP contribution in [0.1, 0.15) is 5.56 Å². The molecule has 0 amide bonds. The highest BCUT2D eigenvalue weighted by Gasteiger charge is 2.13. The lowest BCUT2D eigenvalue weighted by Crippen LogP contribution is -2.00. The van der Waals surface area contributed by atoms with E-state index in [4.69, 9.17) is 10.3 Å². The van der Waals surface area contributed by atoms with Crippen molar-refractivity contribution < 1.29 is 18.1 Å². The van der Waals surface area contributed by atoms with Gasteiger partial charge in [-0.05, 0) is 24.6 Å². The Labute approximate surface area is 75.6 Å². The normalized spacial score (nSPS) is 11.5. The molecule has 6 heteroatoms. The first-order valence-electron chi connectivity index (χ1n) is 3.39. The van der Waals surface area contributed by atoms with E-state index in [1.165, 1.54) is 6.92 Å². The van der Waals surface area contributed by atoms with Crippen molar-refractivity contribution in [3.05, 3.63) is 17.7 Å². The molecule has 0 bridgehead atoms. The number of hydrogen-bond donors (Lipinski definition) is 3. The molecule has 0 fully saturated rings. The Balaban J connectivity index is 3.47. The number of phenols is 1. The Kier molecular flexibility index (Phi) is 2.19. The molecule has 13 heavy (non-hydrogen) atoms. The van der Waals surface area contributed by atoms with Gasteiger partial charge in [-0.2, -0.15) is 8.42 Å². The Morgan fingerprint density at radius 1 is 1.38 bits per heavy atom. The first-order chi connectivity index (χ1) is 5.82. The fourth-order valence-corrected chi connectivity index (χ4v) is 1.52. The second kappa shape index (κ2) is 2.90. The monoisotopic (exact) mass is 203 g/mol. The highest BCUT2D eigenvalue weighted by Crippen LogP contribution is 2.27. The van der Waals surface area contributed by atoms with Crippen LogP contribution >= 0.6 is 0 Å². The molecule has 0 aromatic heterocycles. The molecule has 0 saturated heterocycles. The number of phenolic OH excluding ortho intramolecular Hbond substituents is 1. The number of benzene rings is 1. The summed E-state index contributed by atoms with van der Waals surface area (Å²) in [5, 5.41) is 9.20. The summed E-state index contributed by atoms with van der Waals surface area (Å²) in [6.45, 7) is 1.49. The van der Waals surface area contributed by atoms with Crippen LogP contribution in [0.5, 0.6) is 5.75 Å². The molecule has 1 aromatic carbocycles. The van der Waals surface area contributed by atoms with E-state index in [1.807, 2.05) is 0 Å². The highest BCUT2D eigenvalue weighted by molar-refractivity contribution is 7.85. The number of rotatable bonds is 1. The van der Waals surface area contributed by atoms with Gasteiger partial charge in [-0.1, -0.05) is 0 Å². The lowest BCUT2D eigenvalue weighted by atomic mass is 10.2. The summed E-state index contributed by atoms with van der Waals surface area (Å²) in [4.78, 5) is -0.319. The summed E-state index contributed by atoms with van der Waals surface area (Å²) in [5.74, 6) is -0.174. The van der Waals surface area contributed by atoms with Crippen LogP contribution in [0.15, 0.2) is 17.0 Å². The second-order valence-corrected chi connectivity index (χ2v) is 4.07. The minimum atomic E-state index is -4.26. The van der Waals surface area contributed by atoms with Crippen molar-refractivity contribution in [1.82, 2.24) is 0 Å². The molecule has 0 aliphatic heterocycles. The molecule has 0 heterocycles. The third kappa shape index (κ3) is 1.90. The van der Waals surface area contributed by atoms with Crippen LogP contribution in [0, 0.1) is 6.92 Å². The van der Waals surface area contributed by atoms with Crippen molar-refractivity contribution in [1.29, 1.82) is 0 Å². The molecule has 0 spiro atoms. The van der Waals surface area contributed by atoms with Crippen LogP contribution in [-0.4, -0.2) is 18.1 Å². The SMILES string of the molecule is Cc1cc(S(=O)(=O)O)cc(N)c1O. The minimum Gasteiger partial charge on any atom is -0.506 e. The maximum Gasteiger partial charge on any atom is 0.294 e. The zero-order valence-electron chi connectivity index (χ0n) is 6.85. The summed E-state index contributed by atoms with van der Waals surface area (Å²) in [6, 6.07) is 2.14. The predicted octanol–water partition coefficient (Wildman–Crippen LogP) is 0.530. The van der Waals surface area contributed by atoms with Gasteiger partial charge in [0.25, 0.3) is 10.1 Å². The van der Waals surface area contributed by atoms with Gasteiger partial charge < -0.3 is 10.8 Å². The molecular formula is C7H9NO4S. The molecule has 0 saturated carbocycles. The molecule has 0 radical (unpaired) electrons. The van der Waals surface area contributed by atoms with Crippen molar-refractivity contribution in [2.24, 2.45) is 0 Å². The topological polar surface area (TPSA) is 101 Å². The van der Waals surface area contributed by atoms with Crippen LogP contribution in [-0.2, 0) is 10.1 Å². The second-order valence-electron chi connectivity index (χ2n) is 2.65. The Hall–Kier alpha value is -1.27. The molecule has 1 aromatic rings. The minimum absolute atomic E-state index is 0.0763. The van der Waals surface area contributed by atoms with Gasteiger partial charge in [0.15, 0.2) is 0 Å². The standard InChI is InChI=1S/C7H9NO4S/c1-4-2-5(13(10,11)12)3-6(8)7(4)9/h2-3,9H,8H2,1H3,(H,10,11,12). The summed E-state index contributed by atoms with van der Waals surface area (Å²) in [7, 11) is -4.26. The number of nitrogen functional groups attached to an aromatic ring is 1. The molecule has 0 aliphatic rings. The summed E-state index contributed by atoms with van der Waals surface area (Å²) < 4.78 is 30.0. The molecule has 5 nitrogen and oxygen atoms in total. The van der Waals surface area contributed by atoms with Gasteiger partial charge in [0.2, 0.25) is 0 Å². The Morgan fingerprint density at radius 2 is 1.92 bits per heavy atom. The smallest absolute Gasteiger partial charge is 0.294 e. The van der Waals surface area contributed by atoms with Crippen molar-refractivity contribution >= 4 is 15.8 Å². The Bertz CT molecular complexity index is 415. The maximum absolute atomic E-state index is 10.7. The highest BCUT2D eigenvalue weighted by atomic mass is 32.2. The maximum atomic E-state index is 10.7. The first-order valence-corrected chi connectivity index (χ1v) is 4.83. The van der Waals surface area contributed by atoms with Gasteiger partial charge >= 0.3 is 0 Å². The van der Waals surface area contributed by atoms with Crippen LogP contribution in [0.25, 0.3) is 0 Å². The van der Waals surface area contributed by atoms with Crippen LogP contribution in [0.3, 0.4) is 0 Å². The predicted molar refractivity (Wildman–Crippen MR) is 47.1 cm³/mol. The average molecular weight is 203 g/mol. The lowest BCUT2D eigenvalue weighted by molar-refractivity contribution is 0.471. The largest absolute Gasteiger partial charge is 0.506 e. The summed E-state index contributed by atoms with van der Waals surface area (Å²) in [5.41, 5.74) is 5.52. The molecule has 0 aliphatic carbocycles. The lowest BCUT2D eigenvalue weighted by Gasteiger charge is -2.04.